The van der Waals surface area contributed by atoms with Gasteiger partial charge in [-0.15, -0.1) is 0 Å². The number of nitrogens with zero attached hydrogens (tertiary/aromatic N) is 1. The lowest BCUT2D eigenvalue weighted by molar-refractivity contribution is -0.387. The molecular weight excluding hydrogens is 479 g/mol. The molecule has 36 heavy (non-hydrogen) atoms. The monoisotopic (exact) mass is 502 g/mol. The van der Waals surface area contributed by atoms with E-state index in [1.807, 2.05) is 0 Å². The molecule has 0 aliphatic rings. The zero-order valence-corrected chi connectivity index (χ0v) is 19.8. The Morgan fingerprint density at radius 1 is 1.14 bits per heavy atom. The summed E-state index contributed by atoms with van der Waals surface area (Å²) in [5.74, 6) is -2.30. The Hall–Kier alpha value is -4.61. The standard InChI is InChI=1S/C24H23FN2O9/c1-12-7-18(28)22(24(30)36-12)15(13-8-19(33-2)23(35-4)20(9-13)34-3)11-21(29)26-14-5-6-16(25)17(10-14)27(31)32/h5-10,15,28H,11H2,1-4H3,(H,26,29)/t15-/m1/s1. The van der Waals surface area contributed by atoms with E-state index in [9.17, 15) is 29.2 Å². The van der Waals surface area contributed by atoms with Gasteiger partial charge in [-0.05, 0) is 36.8 Å². The maximum atomic E-state index is 13.7. The minimum absolute atomic E-state index is 0.0306. The van der Waals surface area contributed by atoms with Gasteiger partial charge in [0.1, 0.15) is 11.5 Å². The third kappa shape index (κ3) is 5.37. The zero-order chi connectivity index (χ0) is 26.6. The van der Waals surface area contributed by atoms with Crippen molar-refractivity contribution in [3.63, 3.8) is 0 Å². The van der Waals surface area contributed by atoms with Gasteiger partial charge in [0.25, 0.3) is 0 Å². The first-order chi connectivity index (χ1) is 17.1. The van der Waals surface area contributed by atoms with E-state index >= 15 is 0 Å². The van der Waals surface area contributed by atoms with Crippen molar-refractivity contribution in [1.82, 2.24) is 0 Å². The summed E-state index contributed by atoms with van der Waals surface area (Å²) < 4.78 is 34.9. The van der Waals surface area contributed by atoms with Gasteiger partial charge < -0.3 is 29.1 Å². The molecule has 0 spiro atoms. The van der Waals surface area contributed by atoms with Crippen LogP contribution in [0.5, 0.6) is 23.0 Å². The van der Waals surface area contributed by atoms with Gasteiger partial charge in [-0.1, -0.05) is 0 Å². The Morgan fingerprint density at radius 3 is 2.31 bits per heavy atom. The highest BCUT2D eigenvalue weighted by atomic mass is 19.1. The van der Waals surface area contributed by atoms with Gasteiger partial charge in [-0.2, -0.15) is 4.39 Å². The van der Waals surface area contributed by atoms with Crippen LogP contribution in [0.3, 0.4) is 0 Å². The summed E-state index contributed by atoms with van der Waals surface area (Å²) in [6.45, 7) is 1.48. The second-order valence-electron chi connectivity index (χ2n) is 7.63. The number of amides is 1. The van der Waals surface area contributed by atoms with E-state index in [1.165, 1.54) is 46.5 Å². The fraction of sp³-hybridized carbons (Fsp3) is 0.250. The molecule has 0 bridgehead atoms. The van der Waals surface area contributed by atoms with E-state index in [4.69, 9.17) is 18.6 Å². The quantitative estimate of drug-likeness (QED) is 0.328. The number of nitro groups is 1. The molecule has 1 atom stereocenters. The van der Waals surface area contributed by atoms with Crippen molar-refractivity contribution in [3.05, 3.63) is 79.6 Å². The van der Waals surface area contributed by atoms with Crippen LogP contribution in [0.2, 0.25) is 0 Å². The normalized spacial score (nSPS) is 11.5. The molecule has 2 N–H and O–H groups in total. The van der Waals surface area contributed by atoms with E-state index in [0.717, 1.165) is 18.2 Å². The number of carbonyl (C=O) groups is 1. The Balaban J connectivity index is 2.09. The number of carbonyl (C=O) groups excluding carboxylic acids is 1. The van der Waals surface area contributed by atoms with Crippen LogP contribution in [0.4, 0.5) is 15.8 Å². The van der Waals surface area contributed by atoms with E-state index in [1.54, 1.807) is 0 Å². The number of aryl methyl sites for hydroxylation is 1. The predicted octanol–water partition coefficient (Wildman–Crippen LogP) is 3.89. The lowest BCUT2D eigenvalue weighted by Crippen LogP contribution is -2.21. The Morgan fingerprint density at radius 2 is 1.78 bits per heavy atom. The highest BCUT2D eigenvalue weighted by Crippen LogP contribution is 2.43. The highest BCUT2D eigenvalue weighted by molar-refractivity contribution is 5.92. The number of nitrogens with one attached hydrogen (secondary N) is 1. The molecule has 11 nitrogen and oxygen atoms in total. The van der Waals surface area contributed by atoms with Crippen LogP contribution in [-0.4, -0.2) is 37.3 Å². The number of aromatic hydroxyl groups is 1. The molecule has 0 fully saturated rings. The molecule has 0 saturated heterocycles. The first kappa shape index (κ1) is 26.0. The van der Waals surface area contributed by atoms with Gasteiger partial charge in [0, 0.05) is 30.2 Å². The number of benzene rings is 2. The average molecular weight is 502 g/mol. The van der Waals surface area contributed by atoms with Crippen molar-refractivity contribution in [2.24, 2.45) is 0 Å². The molecule has 2 aromatic carbocycles. The maximum Gasteiger partial charge on any atom is 0.343 e. The first-order valence-corrected chi connectivity index (χ1v) is 10.5. The van der Waals surface area contributed by atoms with Crippen molar-refractivity contribution >= 4 is 17.3 Å². The molecule has 3 aromatic rings. The lowest BCUT2D eigenvalue weighted by atomic mass is 9.88. The summed E-state index contributed by atoms with van der Waals surface area (Å²) in [4.78, 5) is 35.8. The molecule has 1 aromatic heterocycles. The SMILES string of the molecule is COc1cc([C@@H](CC(=O)Nc2ccc(F)c([N+](=O)[O-])c2)c2c(O)cc(C)oc2=O)cc(OC)c1OC. The Bertz CT molecular complexity index is 1350. The summed E-state index contributed by atoms with van der Waals surface area (Å²) in [6, 6.07) is 7.15. The van der Waals surface area contributed by atoms with E-state index in [0.29, 0.717) is 5.56 Å². The number of halogens is 1. The molecule has 0 aliphatic heterocycles. The van der Waals surface area contributed by atoms with Crippen LogP contribution < -0.4 is 25.2 Å². The van der Waals surface area contributed by atoms with Crippen molar-refractivity contribution in [3.8, 4) is 23.0 Å². The Kier molecular flexibility index (Phi) is 7.77. The molecule has 0 unspecified atom stereocenters. The molecule has 1 amide bonds. The van der Waals surface area contributed by atoms with Crippen LogP contribution >= 0.6 is 0 Å². The van der Waals surface area contributed by atoms with Crippen molar-refractivity contribution in [2.45, 2.75) is 19.3 Å². The number of rotatable bonds is 9. The van der Waals surface area contributed by atoms with Crippen LogP contribution in [0.25, 0.3) is 0 Å². The summed E-state index contributed by atoms with van der Waals surface area (Å²) in [7, 11) is 4.19. The van der Waals surface area contributed by atoms with E-state index in [2.05, 4.69) is 5.32 Å². The summed E-state index contributed by atoms with van der Waals surface area (Å²) in [6.07, 6.45) is -0.412. The summed E-state index contributed by atoms with van der Waals surface area (Å²) >= 11 is 0. The third-order valence-corrected chi connectivity index (χ3v) is 5.34. The van der Waals surface area contributed by atoms with Gasteiger partial charge in [-0.3, -0.25) is 14.9 Å². The third-order valence-electron chi connectivity index (χ3n) is 5.34. The summed E-state index contributed by atoms with van der Waals surface area (Å²) in [5, 5.41) is 24.1. The molecule has 190 valence electrons. The molecule has 1 heterocycles. The molecule has 0 aliphatic carbocycles. The van der Waals surface area contributed by atoms with E-state index in [-0.39, 0.29) is 34.3 Å². The van der Waals surface area contributed by atoms with Crippen molar-refractivity contribution < 1.29 is 37.8 Å². The predicted molar refractivity (Wildman–Crippen MR) is 126 cm³/mol. The number of hydrogen-bond acceptors (Lipinski definition) is 9. The Labute approximate surface area is 204 Å². The van der Waals surface area contributed by atoms with Crippen molar-refractivity contribution in [2.75, 3.05) is 26.6 Å². The highest BCUT2D eigenvalue weighted by Gasteiger charge is 2.28. The number of anilines is 1. The second-order valence-corrected chi connectivity index (χ2v) is 7.63. The lowest BCUT2D eigenvalue weighted by Gasteiger charge is -2.21. The summed E-state index contributed by atoms with van der Waals surface area (Å²) in [5.41, 5.74) is -1.56. The molecular formula is C24H23FN2O9. The van der Waals surface area contributed by atoms with Crippen LogP contribution in [0, 0.1) is 22.9 Å². The number of ether oxygens (including phenoxy) is 3. The number of nitro benzene ring substituents is 1. The molecule has 0 radical (unpaired) electrons. The number of methoxy groups -OCH3 is 3. The molecule has 12 heteroatoms. The zero-order valence-electron chi connectivity index (χ0n) is 19.8. The van der Waals surface area contributed by atoms with Crippen LogP contribution in [0.1, 0.15) is 29.2 Å². The van der Waals surface area contributed by atoms with Gasteiger partial charge in [0.05, 0.1) is 31.8 Å². The van der Waals surface area contributed by atoms with Gasteiger partial charge in [0.2, 0.25) is 17.5 Å². The molecule has 3 rings (SSSR count). The maximum absolute atomic E-state index is 13.7. The minimum Gasteiger partial charge on any atom is -0.507 e. The topological polar surface area (TPSA) is 150 Å². The fourth-order valence-corrected chi connectivity index (χ4v) is 3.74. The van der Waals surface area contributed by atoms with E-state index < -0.39 is 46.0 Å². The second kappa shape index (κ2) is 10.8. The first-order valence-electron chi connectivity index (χ1n) is 10.5. The van der Waals surface area contributed by atoms with Crippen LogP contribution in [0.15, 0.2) is 45.6 Å². The molecule has 0 saturated carbocycles. The number of hydrogen-bond donors (Lipinski definition) is 2. The fourth-order valence-electron chi connectivity index (χ4n) is 3.74. The van der Waals surface area contributed by atoms with Gasteiger partial charge in [0.15, 0.2) is 11.5 Å². The average Bonchev–Trinajstić information content (AvgIpc) is 2.82. The smallest absolute Gasteiger partial charge is 0.343 e. The van der Waals surface area contributed by atoms with Gasteiger partial charge in [-0.25, -0.2) is 4.79 Å². The van der Waals surface area contributed by atoms with Gasteiger partial charge >= 0.3 is 11.3 Å². The minimum atomic E-state index is -1.06. The largest absolute Gasteiger partial charge is 0.507 e. The van der Waals surface area contributed by atoms with Crippen LogP contribution in [-0.2, 0) is 4.79 Å². The van der Waals surface area contributed by atoms with Crippen molar-refractivity contribution in [1.29, 1.82) is 0 Å².